The molecule has 1 aliphatic heterocycles. The van der Waals surface area contributed by atoms with Crippen LogP contribution in [0.1, 0.15) is 19.0 Å². The van der Waals surface area contributed by atoms with E-state index in [4.69, 9.17) is 0 Å². The minimum Gasteiger partial charge on any atom is -0.481 e. The monoisotopic (exact) mass is 495 g/mol. The van der Waals surface area contributed by atoms with Crippen LogP contribution in [0.3, 0.4) is 0 Å². The summed E-state index contributed by atoms with van der Waals surface area (Å²) in [6.45, 7) is 1.13. The first-order valence-corrected chi connectivity index (χ1v) is 13.2. The summed E-state index contributed by atoms with van der Waals surface area (Å²) in [5.74, 6) is -1.32. The Morgan fingerprint density at radius 1 is 1.38 bits per heavy atom. The van der Waals surface area contributed by atoms with E-state index in [9.17, 15) is 22.7 Å². The maximum absolute atomic E-state index is 13.4. The van der Waals surface area contributed by atoms with Gasteiger partial charge in [-0.15, -0.1) is 11.3 Å². The number of benzene rings is 1. The number of aliphatic imine (C=N–C) groups is 1. The molecule has 11 heteroatoms. The van der Waals surface area contributed by atoms with Crippen LogP contribution in [0.5, 0.6) is 0 Å². The summed E-state index contributed by atoms with van der Waals surface area (Å²) in [4.78, 5) is 19.3. The molecule has 0 spiro atoms. The van der Waals surface area contributed by atoms with Crippen molar-refractivity contribution in [3.05, 3.63) is 47.5 Å². The zero-order valence-electron chi connectivity index (χ0n) is 17.2. The van der Waals surface area contributed by atoms with Gasteiger partial charge >= 0.3 is 5.97 Å². The molecule has 1 aromatic carbocycles. The molecule has 2 N–H and O–H groups in total. The summed E-state index contributed by atoms with van der Waals surface area (Å²) < 4.78 is 41.0. The largest absolute Gasteiger partial charge is 0.481 e. The quantitative estimate of drug-likeness (QED) is 0.459. The number of rotatable bonds is 9. The van der Waals surface area contributed by atoms with Crippen molar-refractivity contribution in [2.24, 2.45) is 10.9 Å². The number of fused-ring (bicyclic) bond motifs is 1. The van der Waals surface area contributed by atoms with Crippen molar-refractivity contribution in [1.82, 2.24) is 4.98 Å². The van der Waals surface area contributed by atoms with E-state index in [1.807, 2.05) is 19.1 Å². The number of H-pyrrole nitrogens is 1. The molecule has 2 atom stereocenters. The van der Waals surface area contributed by atoms with Crippen LogP contribution < -0.4 is 4.31 Å². The fourth-order valence-corrected chi connectivity index (χ4v) is 7.63. The van der Waals surface area contributed by atoms with Crippen LogP contribution in [-0.4, -0.2) is 54.5 Å². The van der Waals surface area contributed by atoms with Crippen LogP contribution in [0.15, 0.2) is 51.0 Å². The lowest BCUT2D eigenvalue weighted by Gasteiger charge is -2.23. The van der Waals surface area contributed by atoms with Crippen molar-refractivity contribution in [1.29, 1.82) is 0 Å². The molecule has 0 bridgehead atoms. The number of nitrogens with one attached hydrogen (secondary N) is 1. The number of halogens is 1. The van der Waals surface area contributed by atoms with Crippen molar-refractivity contribution in [3.8, 4) is 0 Å². The maximum Gasteiger partial charge on any atom is 0.307 e. The van der Waals surface area contributed by atoms with Gasteiger partial charge in [-0.05, 0) is 30.0 Å². The Bertz CT molecular complexity index is 1250. The van der Waals surface area contributed by atoms with Crippen molar-refractivity contribution in [2.75, 3.05) is 24.1 Å². The zero-order valence-corrected chi connectivity index (χ0v) is 19.6. The predicted molar refractivity (Wildman–Crippen MR) is 127 cm³/mol. The molecule has 7 nitrogen and oxygen atoms in total. The fraction of sp³-hybridized carbons (Fsp3) is 0.333. The number of aliphatic carboxylic acids is 1. The lowest BCUT2D eigenvalue weighted by atomic mass is 10.0. The number of nitrogens with zero attached hydrogens (tertiary/aromatic N) is 2. The Morgan fingerprint density at radius 2 is 2.19 bits per heavy atom. The van der Waals surface area contributed by atoms with Gasteiger partial charge in [-0.1, -0.05) is 36.9 Å². The second kappa shape index (κ2) is 9.24. The minimum atomic E-state index is -3.92. The van der Waals surface area contributed by atoms with E-state index in [1.165, 1.54) is 17.8 Å². The zero-order chi connectivity index (χ0) is 22.9. The van der Waals surface area contributed by atoms with E-state index in [0.717, 1.165) is 21.0 Å². The molecule has 0 aliphatic carbocycles. The molecule has 170 valence electrons. The van der Waals surface area contributed by atoms with Crippen LogP contribution in [0.4, 0.5) is 10.1 Å². The summed E-state index contributed by atoms with van der Waals surface area (Å²) in [5, 5.41) is 12.4. The molecule has 0 saturated heterocycles. The summed E-state index contributed by atoms with van der Waals surface area (Å²) >= 11 is 2.50. The first-order valence-electron chi connectivity index (χ1n) is 10.0. The lowest BCUT2D eigenvalue weighted by molar-refractivity contribution is -0.141. The highest BCUT2D eigenvalue weighted by molar-refractivity contribution is 8.15. The number of thioether (sulfide) groups is 1. The van der Waals surface area contributed by atoms with Gasteiger partial charge < -0.3 is 10.1 Å². The van der Waals surface area contributed by atoms with E-state index in [1.54, 1.807) is 23.6 Å². The molecule has 4 rings (SSSR count). The van der Waals surface area contributed by atoms with Crippen molar-refractivity contribution in [3.63, 3.8) is 0 Å². The van der Waals surface area contributed by atoms with E-state index >= 15 is 0 Å². The van der Waals surface area contributed by atoms with Gasteiger partial charge in [0.1, 0.15) is 15.9 Å². The van der Waals surface area contributed by atoms with Gasteiger partial charge in [0, 0.05) is 10.6 Å². The fourth-order valence-electron chi connectivity index (χ4n) is 3.77. The van der Waals surface area contributed by atoms with Gasteiger partial charge in [0.05, 0.1) is 35.9 Å². The first-order chi connectivity index (χ1) is 15.4. The van der Waals surface area contributed by atoms with Crippen molar-refractivity contribution in [2.45, 2.75) is 22.8 Å². The van der Waals surface area contributed by atoms with Crippen molar-refractivity contribution < 1.29 is 22.7 Å². The number of sulfonamides is 1. The number of hydrogen-bond acceptors (Lipinski definition) is 6. The molecule has 3 heterocycles. The number of alkyl halides is 1. The third-order valence-corrected chi connectivity index (χ3v) is 9.88. The van der Waals surface area contributed by atoms with Crippen LogP contribution in [0.25, 0.3) is 10.9 Å². The number of hydrogen-bond donors (Lipinski definition) is 2. The Hall–Kier alpha value is -2.37. The molecule has 0 fully saturated rings. The normalized spacial score (nSPS) is 17.4. The Balaban J connectivity index is 1.70. The molecular formula is C21H22FN3O4S3. The van der Waals surface area contributed by atoms with Gasteiger partial charge in [-0.25, -0.2) is 12.8 Å². The number of para-hydroxylation sites is 1. The number of carboxylic acid groups (broad SMARTS) is 1. The molecule has 32 heavy (non-hydrogen) atoms. The number of aromatic nitrogens is 1. The van der Waals surface area contributed by atoms with Gasteiger partial charge in [-0.3, -0.25) is 14.1 Å². The summed E-state index contributed by atoms with van der Waals surface area (Å²) in [7, 11) is -3.92. The van der Waals surface area contributed by atoms with Gasteiger partial charge in [0.15, 0.2) is 0 Å². The predicted octanol–water partition coefficient (Wildman–Crippen LogP) is 4.37. The third kappa shape index (κ3) is 4.16. The van der Waals surface area contributed by atoms with E-state index in [-0.39, 0.29) is 16.0 Å². The number of carbonyl (C=O) groups is 1. The number of thiophene rings is 1. The molecule has 2 unspecified atom stereocenters. The van der Waals surface area contributed by atoms with E-state index in [0.29, 0.717) is 34.9 Å². The standard InChI is InChI=1S/C21H22FN3O4S3/c1-2-14(21(26)27)17-12-23-20(31-17)15-11-13-5-3-6-16(19(13)24-15)25(9-8-22)32(28,29)18-7-4-10-30-18/h3-7,10-11,14,17,24H,2,8-9,12H2,1H3,(H,26,27). The second-order valence-corrected chi connectivity index (χ2v) is 11.5. The molecule has 2 aromatic heterocycles. The highest BCUT2D eigenvalue weighted by Gasteiger charge is 2.33. The number of carboxylic acids is 1. The van der Waals surface area contributed by atoms with Gasteiger partial charge in [-0.2, -0.15) is 0 Å². The maximum atomic E-state index is 13.4. The summed E-state index contributed by atoms with van der Waals surface area (Å²) in [5.41, 5.74) is 1.61. The molecule has 0 radical (unpaired) electrons. The molecule has 0 saturated carbocycles. The Morgan fingerprint density at radius 3 is 2.84 bits per heavy atom. The first kappa shape index (κ1) is 22.8. The van der Waals surface area contributed by atoms with Crippen molar-refractivity contribution >= 4 is 60.7 Å². The van der Waals surface area contributed by atoms with Crippen LogP contribution in [0.2, 0.25) is 0 Å². The molecule has 0 amide bonds. The lowest BCUT2D eigenvalue weighted by Crippen LogP contribution is -2.32. The summed E-state index contributed by atoms with van der Waals surface area (Å²) in [6.07, 6.45) is 0.519. The van der Waals surface area contributed by atoms with Crippen LogP contribution in [-0.2, 0) is 14.8 Å². The Kier molecular flexibility index (Phi) is 6.59. The van der Waals surface area contributed by atoms with E-state index in [2.05, 4.69) is 9.98 Å². The second-order valence-electron chi connectivity index (χ2n) is 7.28. The van der Waals surface area contributed by atoms with E-state index < -0.39 is 28.6 Å². The third-order valence-electron chi connectivity index (χ3n) is 5.34. The van der Waals surface area contributed by atoms with Gasteiger partial charge in [0.2, 0.25) is 0 Å². The molecule has 1 aliphatic rings. The average molecular weight is 496 g/mol. The smallest absolute Gasteiger partial charge is 0.307 e. The summed E-state index contributed by atoms with van der Waals surface area (Å²) in [6, 6.07) is 10.2. The molecular weight excluding hydrogens is 473 g/mol. The number of aromatic amines is 1. The van der Waals surface area contributed by atoms with Crippen LogP contribution in [0, 0.1) is 5.92 Å². The topological polar surface area (TPSA) is 103 Å². The highest BCUT2D eigenvalue weighted by atomic mass is 32.2. The SMILES string of the molecule is CCC(C(=O)O)C1CN=C(c2cc3cccc(N(CCF)S(=O)(=O)c4cccs4)c3[nH]2)S1. The van der Waals surface area contributed by atoms with Gasteiger partial charge in [0.25, 0.3) is 10.0 Å². The highest BCUT2D eigenvalue weighted by Crippen LogP contribution is 2.36. The molecule has 3 aromatic rings. The average Bonchev–Trinajstić information content (AvgIpc) is 3.52. The Labute approximate surface area is 193 Å². The number of anilines is 1. The minimum absolute atomic E-state index is 0.146. The van der Waals surface area contributed by atoms with Crippen LogP contribution >= 0.6 is 23.1 Å².